The van der Waals surface area contributed by atoms with E-state index in [0.717, 1.165) is 0 Å². The van der Waals surface area contributed by atoms with Crippen molar-refractivity contribution < 1.29 is 0 Å². The van der Waals surface area contributed by atoms with Crippen LogP contribution >= 0.6 is 136 Å². The highest BCUT2D eigenvalue weighted by molar-refractivity contribution is 7.41. The molecule has 12 aromatic heterocycles. The van der Waals surface area contributed by atoms with Crippen molar-refractivity contribution in [3.8, 4) is 0 Å². The summed E-state index contributed by atoms with van der Waals surface area (Å²) in [4.78, 5) is 11.5. The van der Waals surface area contributed by atoms with Crippen LogP contribution in [0.5, 0.6) is 0 Å². The first kappa shape index (κ1) is 57.7. The lowest BCUT2D eigenvalue weighted by Gasteiger charge is -2.09. The van der Waals surface area contributed by atoms with E-state index in [1.165, 1.54) is 245 Å². The Labute approximate surface area is 532 Å². The molecular formula is C70H70S12. The van der Waals surface area contributed by atoms with Gasteiger partial charge in [0.15, 0.2) is 0 Å². The summed E-state index contributed by atoms with van der Waals surface area (Å²) in [5.41, 5.74) is 4.98. The Bertz CT molecular complexity index is 3860. The SMILES string of the molecule is CCCCCCc1cc2sc3cc(/C=C/c4cc(/C=C/c5cc6sc7cc(CCCCCC)sc7c6s5)c(/C=C/c5cc6sc7cc(CCCCCC)sc7c6s5)cc4/C=C/c4cc5sc6cc(CCCCCC)sc6c5s4)sc3c2s1. The van der Waals surface area contributed by atoms with Crippen LogP contribution in [-0.4, -0.2) is 0 Å². The zero-order chi connectivity index (χ0) is 55.5. The summed E-state index contributed by atoms with van der Waals surface area (Å²) in [6.45, 7) is 9.22. The maximum absolute atomic E-state index is 2.49. The summed E-state index contributed by atoms with van der Waals surface area (Å²) < 4.78 is 23.4. The highest BCUT2D eigenvalue weighted by Gasteiger charge is 2.18. The average molecular weight is 1300 g/mol. The van der Waals surface area contributed by atoms with Crippen molar-refractivity contribution in [2.24, 2.45) is 0 Å². The molecule has 13 aromatic rings. The van der Waals surface area contributed by atoms with Gasteiger partial charge in [0.1, 0.15) is 0 Å². The van der Waals surface area contributed by atoms with Crippen LogP contribution in [0.3, 0.4) is 0 Å². The number of thiophene rings is 12. The summed E-state index contributed by atoms with van der Waals surface area (Å²) in [7, 11) is 0. The molecule has 0 saturated heterocycles. The maximum atomic E-state index is 2.49. The van der Waals surface area contributed by atoms with Gasteiger partial charge in [0, 0.05) is 76.6 Å². The van der Waals surface area contributed by atoms with E-state index >= 15 is 0 Å². The van der Waals surface area contributed by atoms with Crippen LogP contribution in [-0.2, 0) is 25.7 Å². The Kier molecular flexibility index (Phi) is 18.8. The molecule has 1 aromatic carbocycles. The molecule has 12 heteroatoms. The van der Waals surface area contributed by atoms with E-state index in [1.54, 1.807) is 19.5 Å². The zero-order valence-electron chi connectivity index (χ0n) is 47.4. The molecule has 82 heavy (non-hydrogen) atoms. The van der Waals surface area contributed by atoms with E-state index in [2.05, 4.69) is 137 Å². The molecule has 0 aliphatic heterocycles. The van der Waals surface area contributed by atoms with E-state index in [1.807, 2.05) is 136 Å². The summed E-state index contributed by atoms with van der Waals surface area (Å²) in [6, 6.07) is 24.6. The lowest BCUT2D eigenvalue weighted by molar-refractivity contribution is 0.670. The molecule has 0 nitrogen and oxygen atoms in total. The Balaban J connectivity index is 0.865. The lowest BCUT2D eigenvalue weighted by atomic mass is 9.96. The molecule has 0 amide bonds. The van der Waals surface area contributed by atoms with Gasteiger partial charge >= 0.3 is 0 Å². The predicted molar refractivity (Wildman–Crippen MR) is 394 cm³/mol. The number of rotatable bonds is 28. The van der Waals surface area contributed by atoms with Gasteiger partial charge in [0.05, 0.1) is 37.6 Å². The minimum atomic E-state index is 1.21. The van der Waals surface area contributed by atoms with Crippen molar-refractivity contribution in [1.82, 2.24) is 0 Å². The second-order valence-electron chi connectivity index (χ2n) is 22.1. The van der Waals surface area contributed by atoms with Gasteiger partial charge in [-0.2, -0.15) is 0 Å². The molecule has 0 spiro atoms. The number of benzene rings is 1. The normalized spacial score (nSPS) is 12.9. The second-order valence-corrected chi connectivity index (χ2v) is 35.3. The second kappa shape index (κ2) is 26.7. The van der Waals surface area contributed by atoms with Gasteiger partial charge in [0.2, 0.25) is 0 Å². The van der Waals surface area contributed by atoms with E-state index < -0.39 is 0 Å². The van der Waals surface area contributed by atoms with E-state index in [9.17, 15) is 0 Å². The third-order valence-electron chi connectivity index (χ3n) is 15.7. The van der Waals surface area contributed by atoms with Gasteiger partial charge in [0.25, 0.3) is 0 Å². The van der Waals surface area contributed by atoms with Crippen LogP contribution in [0.15, 0.2) is 60.7 Å². The van der Waals surface area contributed by atoms with E-state index in [0.29, 0.717) is 0 Å². The van der Waals surface area contributed by atoms with Crippen LogP contribution < -0.4 is 0 Å². The molecule has 13 rings (SSSR count). The van der Waals surface area contributed by atoms with Crippen LogP contribution in [0.2, 0.25) is 0 Å². The number of fused-ring (bicyclic) bond motifs is 12. The summed E-state index contributed by atoms with van der Waals surface area (Å²) >= 11 is 23.9. The largest absolute Gasteiger partial charge is 0.138 e. The average Bonchev–Trinajstić information content (AvgIpc) is 4.19. The molecule has 0 saturated carbocycles. The third-order valence-corrected chi connectivity index (χ3v) is 30.9. The number of unbranched alkanes of at least 4 members (excludes halogenated alkanes) is 12. The van der Waals surface area contributed by atoms with Gasteiger partial charge in [-0.15, -0.1) is 136 Å². The van der Waals surface area contributed by atoms with Crippen LogP contribution in [0, 0.1) is 0 Å². The third kappa shape index (κ3) is 12.9. The highest BCUT2D eigenvalue weighted by atomic mass is 32.1. The van der Waals surface area contributed by atoms with Gasteiger partial charge in [-0.1, -0.05) is 129 Å². The summed E-state index contributed by atoms with van der Waals surface area (Å²) in [6.07, 6.45) is 45.0. The fraction of sp³-hybridized carbons (Fsp3) is 0.343. The van der Waals surface area contributed by atoms with Gasteiger partial charge < -0.3 is 0 Å². The molecule has 0 atom stereocenters. The molecule has 0 fully saturated rings. The fourth-order valence-electron chi connectivity index (χ4n) is 11.3. The Hall–Kier alpha value is -3.34. The van der Waals surface area contributed by atoms with Crippen LogP contribution in [0.25, 0.3) is 124 Å². The monoisotopic (exact) mass is 1290 g/mol. The Morgan fingerprint density at radius 1 is 0.220 bits per heavy atom. The topological polar surface area (TPSA) is 0 Å². The van der Waals surface area contributed by atoms with Gasteiger partial charge in [-0.3, -0.25) is 0 Å². The molecular weight excluding hydrogens is 1230 g/mol. The van der Waals surface area contributed by atoms with Crippen molar-refractivity contribution >= 4 is 260 Å². The number of hydrogen-bond donors (Lipinski definition) is 0. The molecule has 0 radical (unpaired) electrons. The first-order valence-electron chi connectivity index (χ1n) is 30.1. The zero-order valence-corrected chi connectivity index (χ0v) is 57.2. The lowest BCUT2D eigenvalue weighted by Crippen LogP contribution is -1.89. The fourth-order valence-corrected chi connectivity index (χ4v) is 27.3. The van der Waals surface area contributed by atoms with Crippen LogP contribution in [0.1, 0.15) is 192 Å². The van der Waals surface area contributed by atoms with Crippen molar-refractivity contribution in [2.45, 2.75) is 156 Å². The van der Waals surface area contributed by atoms with Crippen molar-refractivity contribution in [2.75, 3.05) is 0 Å². The number of aryl methyl sites for hydroxylation is 4. The molecule has 0 aliphatic carbocycles. The number of hydrogen-bond acceptors (Lipinski definition) is 12. The first-order valence-corrected chi connectivity index (χ1v) is 39.9. The maximum Gasteiger partial charge on any atom is 0.0635 e. The quantitative estimate of drug-likeness (QED) is 0.0429. The Morgan fingerprint density at radius 2 is 0.439 bits per heavy atom. The minimum Gasteiger partial charge on any atom is -0.138 e. The molecule has 12 heterocycles. The minimum absolute atomic E-state index is 1.21. The molecule has 0 N–H and O–H groups in total. The molecule has 422 valence electrons. The summed E-state index contributed by atoms with van der Waals surface area (Å²) in [5, 5.41) is 0. The van der Waals surface area contributed by atoms with E-state index in [4.69, 9.17) is 0 Å². The van der Waals surface area contributed by atoms with Crippen molar-refractivity contribution in [3.05, 3.63) is 122 Å². The highest BCUT2D eigenvalue weighted by Crippen LogP contribution is 2.49. The first-order chi connectivity index (χ1) is 40.4. The smallest absolute Gasteiger partial charge is 0.0635 e. The van der Waals surface area contributed by atoms with E-state index in [-0.39, 0.29) is 0 Å². The summed E-state index contributed by atoms with van der Waals surface area (Å²) in [5.74, 6) is 0. The Morgan fingerprint density at radius 3 is 0.671 bits per heavy atom. The predicted octanol–water partition coefficient (Wildman–Crippen LogP) is 28.8. The molecule has 0 aliphatic rings. The molecule has 0 bridgehead atoms. The standard InChI is InChI=1S/C70H70S12/c1-5-9-13-17-21-47-35-55-63(71-47)67-59(79-55)39-51(75-67)29-25-43-33-45(27-31-53-41-61-69(77-53)65-57(81-61)37-49(73-65)23-19-15-11-7-3)46(28-32-54-42-62-70(78-54)66-58(82-62)38-50(74-66)24-20-16-12-8-4)34-44(43)26-30-52-40-60-68(76-52)64-56(80-60)36-48(72-64)22-18-14-10-6-2/h25-42H,5-24H2,1-4H3/b29-25+,30-26+,31-27+,32-28+. The van der Waals surface area contributed by atoms with Crippen molar-refractivity contribution in [3.63, 3.8) is 0 Å². The van der Waals surface area contributed by atoms with Crippen molar-refractivity contribution in [1.29, 1.82) is 0 Å². The van der Waals surface area contributed by atoms with Gasteiger partial charge in [-0.05, 0) is 159 Å². The molecule has 0 unspecified atom stereocenters. The van der Waals surface area contributed by atoms with Crippen LogP contribution in [0.4, 0.5) is 0 Å². The van der Waals surface area contributed by atoms with Gasteiger partial charge in [-0.25, -0.2) is 0 Å².